The van der Waals surface area contributed by atoms with Gasteiger partial charge in [0.2, 0.25) is 0 Å². The number of rotatable bonds is 5. The van der Waals surface area contributed by atoms with Crippen LogP contribution in [0.4, 0.5) is 0 Å². The van der Waals surface area contributed by atoms with Crippen LogP contribution in [0.5, 0.6) is 17.2 Å². The third-order valence-corrected chi connectivity index (χ3v) is 5.83. The number of fused-ring (bicyclic) bond motifs is 3. The van der Waals surface area contributed by atoms with Gasteiger partial charge in [-0.3, -0.25) is 0 Å². The number of hydrogen-bond donors (Lipinski definition) is 1. The zero-order valence-corrected chi connectivity index (χ0v) is 18.2. The summed E-state index contributed by atoms with van der Waals surface area (Å²) in [6, 6.07) is 16.7. The average molecular weight is 442 g/mol. The molecule has 33 heavy (non-hydrogen) atoms. The number of benzene rings is 3. The Morgan fingerprint density at radius 3 is 2.67 bits per heavy atom. The Bertz CT molecular complexity index is 1400. The van der Waals surface area contributed by atoms with Gasteiger partial charge in [0.15, 0.2) is 11.5 Å². The van der Waals surface area contributed by atoms with Gasteiger partial charge < -0.3 is 23.9 Å². The summed E-state index contributed by atoms with van der Waals surface area (Å²) in [7, 11) is 3.20. The van der Waals surface area contributed by atoms with E-state index in [0.717, 1.165) is 33.3 Å². The predicted molar refractivity (Wildman–Crippen MR) is 124 cm³/mol. The molecule has 0 saturated carbocycles. The molecule has 5 rings (SSSR count). The molecular weight excluding hydrogens is 420 g/mol. The van der Waals surface area contributed by atoms with E-state index in [2.05, 4.69) is 11.1 Å². The van der Waals surface area contributed by atoms with Crippen molar-refractivity contribution in [3.63, 3.8) is 0 Å². The van der Waals surface area contributed by atoms with E-state index in [-0.39, 0.29) is 5.56 Å². The second kappa shape index (κ2) is 8.35. The van der Waals surface area contributed by atoms with Crippen molar-refractivity contribution < 1.29 is 24.1 Å². The van der Waals surface area contributed by atoms with Crippen molar-refractivity contribution in [2.45, 2.75) is 13.2 Å². The second-order valence-electron chi connectivity index (χ2n) is 7.67. The highest BCUT2D eigenvalue weighted by Gasteiger charge is 2.21. The minimum atomic E-state index is -0.976. The van der Waals surface area contributed by atoms with Gasteiger partial charge in [0.25, 0.3) is 0 Å². The SMILES string of the molecule is COc1cc2ncn(C/C=C3/c4ccccc4COc4ccc(C(=O)O)cc43)c2cc1OC. The molecule has 2 heterocycles. The van der Waals surface area contributed by atoms with E-state index in [1.54, 1.807) is 38.7 Å². The molecule has 3 aromatic carbocycles. The Kier molecular flexibility index (Phi) is 5.22. The lowest BCUT2D eigenvalue weighted by atomic mass is 9.93. The van der Waals surface area contributed by atoms with Crippen LogP contribution in [0.3, 0.4) is 0 Å². The first-order valence-corrected chi connectivity index (χ1v) is 10.4. The van der Waals surface area contributed by atoms with E-state index in [1.165, 1.54) is 0 Å². The number of aromatic carboxylic acids is 1. The number of hydrogen-bond acceptors (Lipinski definition) is 5. The van der Waals surface area contributed by atoms with Crippen LogP contribution in [-0.2, 0) is 13.2 Å². The number of carboxylic acids is 1. The molecule has 4 aromatic rings. The molecular formula is C26H22N2O5. The Labute approximate surface area is 190 Å². The first-order valence-electron chi connectivity index (χ1n) is 10.4. The molecule has 0 unspecified atom stereocenters. The molecule has 0 bridgehead atoms. The Balaban J connectivity index is 1.64. The van der Waals surface area contributed by atoms with Crippen molar-refractivity contribution in [3.8, 4) is 17.2 Å². The summed E-state index contributed by atoms with van der Waals surface area (Å²) in [5.41, 5.74) is 5.65. The highest BCUT2D eigenvalue weighted by Crippen LogP contribution is 2.38. The highest BCUT2D eigenvalue weighted by atomic mass is 16.5. The molecule has 166 valence electrons. The van der Waals surface area contributed by atoms with Gasteiger partial charge in [-0.2, -0.15) is 0 Å². The van der Waals surface area contributed by atoms with Gasteiger partial charge in [-0.05, 0) is 34.9 Å². The standard InChI is InChI=1S/C26H22N2O5/c1-31-24-12-21-22(13-25(24)32-2)28(15-27-21)10-9-19-18-6-4-3-5-17(18)14-33-23-8-7-16(26(29)30)11-20(19)23/h3-9,11-13,15H,10,14H2,1-2H3,(H,29,30)/b19-9-. The maximum absolute atomic E-state index is 11.6. The van der Waals surface area contributed by atoms with Gasteiger partial charge in [-0.1, -0.05) is 30.3 Å². The van der Waals surface area contributed by atoms with E-state index < -0.39 is 5.97 Å². The molecule has 0 saturated heterocycles. The molecule has 1 aliphatic heterocycles. The molecule has 0 spiro atoms. The minimum absolute atomic E-state index is 0.215. The summed E-state index contributed by atoms with van der Waals surface area (Å²) in [6.07, 6.45) is 3.85. The lowest BCUT2D eigenvalue weighted by Gasteiger charge is -2.12. The van der Waals surface area contributed by atoms with Crippen LogP contribution in [0, 0.1) is 0 Å². The zero-order chi connectivity index (χ0) is 22.9. The largest absolute Gasteiger partial charge is 0.493 e. The van der Waals surface area contributed by atoms with Gasteiger partial charge in [0, 0.05) is 24.2 Å². The van der Waals surface area contributed by atoms with E-state index in [1.807, 2.05) is 41.0 Å². The lowest BCUT2D eigenvalue weighted by Crippen LogP contribution is -2.00. The summed E-state index contributed by atoms with van der Waals surface area (Å²) in [6.45, 7) is 0.935. The molecule has 1 N–H and O–H groups in total. The summed E-state index contributed by atoms with van der Waals surface area (Å²) in [4.78, 5) is 16.1. The van der Waals surface area contributed by atoms with E-state index in [9.17, 15) is 9.90 Å². The maximum atomic E-state index is 11.6. The third-order valence-electron chi connectivity index (χ3n) is 5.83. The van der Waals surface area contributed by atoms with E-state index in [0.29, 0.717) is 30.4 Å². The Morgan fingerprint density at radius 1 is 1.09 bits per heavy atom. The van der Waals surface area contributed by atoms with Crippen molar-refractivity contribution in [1.82, 2.24) is 9.55 Å². The van der Waals surface area contributed by atoms with Crippen molar-refractivity contribution in [3.05, 3.63) is 89.3 Å². The van der Waals surface area contributed by atoms with Gasteiger partial charge in [-0.15, -0.1) is 0 Å². The van der Waals surface area contributed by atoms with Crippen LogP contribution in [0.25, 0.3) is 16.6 Å². The van der Waals surface area contributed by atoms with Crippen molar-refractivity contribution in [1.29, 1.82) is 0 Å². The molecule has 0 atom stereocenters. The fourth-order valence-corrected chi connectivity index (χ4v) is 4.15. The summed E-state index contributed by atoms with van der Waals surface area (Å²) >= 11 is 0. The molecule has 1 aromatic heterocycles. The van der Waals surface area contributed by atoms with Crippen molar-refractivity contribution in [2.75, 3.05) is 14.2 Å². The Morgan fingerprint density at radius 2 is 1.88 bits per heavy atom. The van der Waals surface area contributed by atoms with Crippen LogP contribution in [0.2, 0.25) is 0 Å². The Hall–Kier alpha value is -4.26. The van der Waals surface area contributed by atoms with Gasteiger partial charge in [-0.25, -0.2) is 9.78 Å². The van der Waals surface area contributed by atoms with Gasteiger partial charge in [0.05, 0.1) is 37.1 Å². The number of imidazole rings is 1. The number of aromatic nitrogens is 2. The van der Waals surface area contributed by atoms with Crippen LogP contribution < -0.4 is 14.2 Å². The van der Waals surface area contributed by atoms with Crippen molar-refractivity contribution in [2.24, 2.45) is 0 Å². The molecule has 0 fully saturated rings. The summed E-state index contributed by atoms with van der Waals surface area (Å²) < 4.78 is 18.9. The van der Waals surface area contributed by atoms with E-state index >= 15 is 0 Å². The molecule has 7 nitrogen and oxygen atoms in total. The number of methoxy groups -OCH3 is 2. The normalized spacial score (nSPS) is 13.7. The fourth-order valence-electron chi connectivity index (χ4n) is 4.15. The summed E-state index contributed by atoms with van der Waals surface area (Å²) in [5, 5.41) is 9.53. The number of carboxylic acid groups (broad SMARTS) is 1. The third kappa shape index (κ3) is 3.67. The molecule has 0 radical (unpaired) electrons. The predicted octanol–water partition coefficient (Wildman–Crippen LogP) is 4.78. The van der Waals surface area contributed by atoms with Crippen LogP contribution in [0.1, 0.15) is 27.0 Å². The summed E-state index contributed by atoms with van der Waals surface area (Å²) in [5.74, 6) is 0.934. The monoisotopic (exact) mass is 442 g/mol. The molecule has 0 aliphatic carbocycles. The van der Waals surface area contributed by atoms with Crippen molar-refractivity contribution >= 4 is 22.6 Å². The smallest absolute Gasteiger partial charge is 0.335 e. The average Bonchev–Trinajstić information content (AvgIpc) is 3.16. The molecule has 0 amide bonds. The molecule has 1 aliphatic rings. The van der Waals surface area contributed by atoms with Gasteiger partial charge in [0.1, 0.15) is 12.4 Å². The number of allylic oxidation sites excluding steroid dienone is 1. The van der Waals surface area contributed by atoms with Gasteiger partial charge >= 0.3 is 5.97 Å². The maximum Gasteiger partial charge on any atom is 0.335 e. The first kappa shape index (κ1) is 20.6. The topological polar surface area (TPSA) is 82.8 Å². The number of nitrogens with zero attached hydrogens (tertiary/aromatic N) is 2. The second-order valence-corrected chi connectivity index (χ2v) is 7.67. The molecule has 7 heteroatoms. The lowest BCUT2D eigenvalue weighted by molar-refractivity contribution is 0.0697. The van der Waals surface area contributed by atoms with Crippen LogP contribution >= 0.6 is 0 Å². The zero-order valence-electron chi connectivity index (χ0n) is 18.2. The number of ether oxygens (including phenoxy) is 3. The highest BCUT2D eigenvalue weighted by molar-refractivity contribution is 5.92. The quantitative estimate of drug-likeness (QED) is 0.479. The van der Waals surface area contributed by atoms with Crippen LogP contribution in [0.15, 0.2) is 67.0 Å². The van der Waals surface area contributed by atoms with E-state index in [4.69, 9.17) is 14.2 Å². The fraction of sp³-hybridized carbons (Fsp3) is 0.154. The first-order chi connectivity index (χ1) is 16.1. The van der Waals surface area contributed by atoms with Crippen LogP contribution in [-0.4, -0.2) is 34.8 Å². The number of carbonyl (C=O) groups is 1. The minimum Gasteiger partial charge on any atom is -0.493 e.